The lowest BCUT2D eigenvalue weighted by Gasteiger charge is -2.11. The summed E-state index contributed by atoms with van der Waals surface area (Å²) < 4.78 is 0. The van der Waals surface area contributed by atoms with Gasteiger partial charge in [0.15, 0.2) is 0 Å². The molecule has 24 heavy (non-hydrogen) atoms. The molecule has 0 amide bonds. The molecule has 110 valence electrons. The van der Waals surface area contributed by atoms with Gasteiger partial charge >= 0.3 is 0 Å². The van der Waals surface area contributed by atoms with Gasteiger partial charge < -0.3 is 0 Å². The maximum Gasteiger partial charge on any atom is -0.00139 e. The van der Waals surface area contributed by atoms with Gasteiger partial charge in [-0.25, -0.2) is 0 Å². The second kappa shape index (κ2) is 4.24. The normalized spacial score (nSPS) is 12.8. The third kappa shape index (κ3) is 1.39. The van der Waals surface area contributed by atoms with E-state index in [-0.39, 0.29) is 0 Å². The molecule has 0 saturated carbocycles. The summed E-state index contributed by atoms with van der Waals surface area (Å²) in [4.78, 5) is 0. The van der Waals surface area contributed by atoms with Crippen molar-refractivity contribution in [3.63, 3.8) is 0 Å². The van der Waals surface area contributed by atoms with E-state index in [1.165, 1.54) is 54.6 Å². The molecular weight excluding hydrogens is 288 g/mol. The first-order chi connectivity index (χ1) is 11.9. The molecule has 0 spiro atoms. The van der Waals surface area contributed by atoms with Crippen LogP contribution in [0.2, 0.25) is 0 Å². The molecule has 0 atom stereocenters. The van der Waals surface area contributed by atoms with Gasteiger partial charge in [-0.2, -0.15) is 0 Å². The molecule has 0 heterocycles. The zero-order chi connectivity index (χ0) is 15.7. The van der Waals surface area contributed by atoms with Crippen molar-refractivity contribution < 1.29 is 0 Å². The highest BCUT2D eigenvalue weighted by molar-refractivity contribution is 6.06. The molecule has 0 N–H and O–H groups in total. The first-order valence-electron chi connectivity index (χ1n) is 8.39. The number of hydrogen-bond donors (Lipinski definition) is 0. The van der Waals surface area contributed by atoms with Crippen molar-refractivity contribution in [1.82, 2.24) is 0 Å². The Hall–Kier alpha value is -3.12. The second-order valence-electron chi connectivity index (χ2n) is 6.59. The molecule has 2 aliphatic carbocycles. The summed E-state index contributed by atoms with van der Waals surface area (Å²) in [6.45, 7) is 0. The van der Waals surface area contributed by atoms with Crippen LogP contribution in [0, 0.1) is 0 Å². The van der Waals surface area contributed by atoms with Crippen molar-refractivity contribution in [1.29, 1.82) is 0 Å². The minimum absolute atomic E-state index is 1.33. The molecule has 0 unspecified atom stereocenters. The van der Waals surface area contributed by atoms with E-state index in [0.717, 1.165) is 0 Å². The number of hydrogen-bond acceptors (Lipinski definition) is 0. The van der Waals surface area contributed by atoms with Gasteiger partial charge in [-0.3, -0.25) is 0 Å². The van der Waals surface area contributed by atoms with Crippen molar-refractivity contribution >= 4 is 22.9 Å². The molecule has 0 heteroatoms. The predicted octanol–water partition coefficient (Wildman–Crippen LogP) is 4.46. The highest BCUT2D eigenvalue weighted by Gasteiger charge is 2.24. The van der Waals surface area contributed by atoms with E-state index >= 15 is 0 Å². The van der Waals surface area contributed by atoms with Crippen LogP contribution >= 0.6 is 0 Å². The Kier molecular flexibility index (Phi) is 2.18. The Morgan fingerprint density at radius 1 is 0.417 bits per heavy atom. The summed E-state index contributed by atoms with van der Waals surface area (Å²) >= 11 is 0. The Morgan fingerprint density at radius 2 is 0.833 bits per heavy atom. The van der Waals surface area contributed by atoms with Crippen molar-refractivity contribution in [2.75, 3.05) is 0 Å². The molecule has 4 aromatic carbocycles. The van der Waals surface area contributed by atoms with Gasteiger partial charge in [-0.05, 0) is 66.7 Å². The maximum absolute atomic E-state index is 2.36. The highest BCUT2D eigenvalue weighted by atomic mass is 14.3. The van der Waals surface area contributed by atoms with Crippen LogP contribution in [0.5, 0.6) is 0 Å². The summed E-state index contributed by atoms with van der Waals surface area (Å²) in [6, 6.07) is 26.3. The van der Waals surface area contributed by atoms with Crippen LogP contribution in [-0.2, 0) is 0 Å². The topological polar surface area (TPSA) is 0 Å². The first-order valence-corrected chi connectivity index (χ1v) is 8.39. The van der Waals surface area contributed by atoms with Crippen molar-refractivity contribution in [2.24, 2.45) is 0 Å². The molecule has 0 aliphatic heterocycles. The quantitative estimate of drug-likeness (QED) is 0.389. The van der Waals surface area contributed by atoms with Crippen LogP contribution in [0.4, 0.5) is 0 Å². The standard InChI is InChI=1S/C24H14/c1-3-9-17-15(7-1)13-21-19-11-5-6-12-20(19)22-14-16-8-2-4-10-18(16)24(22)23(17)21/h1-14H. The van der Waals surface area contributed by atoms with E-state index in [2.05, 4.69) is 84.9 Å². The lowest BCUT2D eigenvalue weighted by Crippen LogP contribution is -2.15. The summed E-state index contributed by atoms with van der Waals surface area (Å²) in [7, 11) is 0. The molecule has 2 aliphatic rings. The zero-order valence-electron chi connectivity index (χ0n) is 13.1. The van der Waals surface area contributed by atoms with Gasteiger partial charge in [0.2, 0.25) is 0 Å². The average molecular weight is 302 g/mol. The highest BCUT2D eigenvalue weighted by Crippen LogP contribution is 2.38. The van der Waals surface area contributed by atoms with Crippen LogP contribution in [0.15, 0.2) is 72.8 Å². The van der Waals surface area contributed by atoms with Gasteiger partial charge in [0.1, 0.15) is 0 Å². The number of fused-ring (bicyclic) bond motifs is 10. The van der Waals surface area contributed by atoms with Gasteiger partial charge in [0.25, 0.3) is 0 Å². The van der Waals surface area contributed by atoms with E-state index in [9.17, 15) is 0 Å². The van der Waals surface area contributed by atoms with E-state index < -0.39 is 0 Å². The maximum atomic E-state index is 2.36. The third-order valence-corrected chi connectivity index (χ3v) is 5.36. The molecule has 0 bridgehead atoms. The summed E-state index contributed by atoms with van der Waals surface area (Å²) in [5.41, 5.74) is 8.19. The van der Waals surface area contributed by atoms with Crippen molar-refractivity contribution in [3.05, 3.63) is 94.4 Å². The first kappa shape index (κ1) is 12.3. The molecule has 0 fully saturated rings. The molecule has 0 saturated heterocycles. The zero-order valence-corrected chi connectivity index (χ0v) is 13.1. The monoisotopic (exact) mass is 302 g/mol. The van der Waals surface area contributed by atoms with Crippen LogP contribution in [0.25, 0.3) is 45.2 Å². The minimum Gasteiger partial charge on any atom is -0.0616 e. The Balaban J connectivity index is 1.94. The average Bonchev–Trinajstić information content (AvgIpc) is 3.20. The molecule has 6 rings (SSSR count). The molecule has 4 aromatic rings. The number of benzene rings is 4. The molecule has 0 radical (unpaired) electrons. The van der Waals surface area contributed by atoms with Gasteiger partial charge in [-0.15, -0.1) is 0 Å². The Labute approximate surface area is 140 Å². The summed E-state index contributed by atoms with van der Waals surface area (Å²) in [5, 5.41) is 5.45. The fraction of sp³-hybridized carbons (Fsp3) is 0. The Morgan fingerprint density at radius 3 is 1.33 bits per heavy atom. The fourth-order valence-electron chi connectivity index (χ4n) is 4.36. The number of rotatable bonds is 0. The van der Waals surface area contributed by atoms with E-state index in [0.29, 0.717) is 0 Å². The van der Waals surface area contributed by atoms with E-state index in [4.69, 9.17) is 0 Å². The SMILES string of the molecule is C1=c2c(c3c(c4ccccc24)=Cc2ccccc2-3)-c2ccccc21. The molecule has 0 aromatic heterocycles. The Bertz CT molecular complexity index is 1190. The van der Waals surface area contributed by atoms with E-state index in [1.807, 2.05) is 0 Å². The fourth-order valence-corrected chi connectivity index (χ4v) is 4.36. The molecule has 0 nitrogen and oxygen atoms in total. The smallest absolute Gasteiger partial charge is 0.00139 e. The van der Waals surface area contributed by atoms with Crippen LogP contribution in [0.3, 0.4) is 0 Å². The van der Waals surface area contributed by atoms with Crippen LogP contribution in [0.1, 0.15) is 11.1 Å². The van der Waals surface area contributed by atoms with E-state index in [1.54, 1.807) is 0 Å². The van der Waals surface area contributed by atoms with Crippen LogP contribution < -0.4 is 10.4 Å². The van der Waals surface area contributed by atoms with Crippen LogP contribution in [-0.4, -0.2) is 0 Å². The minimum atomic E-state index is 1.33. The summed E-state index contributed by atoms with van der Waals surface area (Å²) in [5.74, 6) is 0. The summed E-state index contributed by atoms with van der Waals surface area (Å²) in [6.07, 6.45) is 4.71. The van der Waals surface area contributed by atoms with Crippen molar-refractivity contribution in [3.8, 4) is 22.3 Å². The lowest BCUT2D eigenvalue weighted by molar-refractivity contribution is 1.59. The van der Waals surface area contributed by atoms with Gasteiger partial charge in [0.05, 0.1) is 0 Å². The molecular formula is C24H14. The van der Waals surface area contributed by atoms with Gasteiger partial charge in [-0.1, -0.05) is 72.8 Å². The van der Waals surface area contributed by atoms with Crippen molar-refractivity contribution in [2.45, 2.75) is 0 Å². The predicted molar refractivity (Wildman–Crippen MR) is 101 cm³/mol. The third-order valence-electron chi connectivity index (χ3n) is 5.36. The second-order valence-corrected chi connectivity index (χ2v) is 6.59. The van der Waals surface area contributed by atoms with Gasteiger partial charge in [0, 0.05) is 0 Å². The lowest BCUT2D eigenvalue weighted by atomic mass is 9.91. The largest absolute Gasteiger partial charge is 0.0616 e.